The average Bonchev–Trinajstić information content (AvgIpc) is 1.96. The highest BCUT2D eigenvalue weighted by Crippen LogP contribution is 2.11. The molecule has 1 saturated heterocycles. The van der Waals surface area contributed by atoms with E-state index in [0.29, 0.717) is 0 Å². The minimum absolute atomic E-state index is 0. The van der Waals surface area contributed by atoms with Gasteiger partial charge in [0.25, 0.3) is 0 Å². The molecule has 2 atom stereocenters. The van der Waals surface area contributed by atoms with Crippen LogP contribution in [0.25, 0.3) is 0 Å². The summed E-state index contributed by atoms with van der Waals surface area (Å²) >= 11 is 0. The van der Waals surface area contributed by atoms with Gasteiger partial charge in [-0.05, 0) is 13.8 Å². The molecule has 2 unspecified atom stereocenters. The first kappa shape index (κ1) is 11.2. The highest BCUT2D eigenvalue weighted by Gasteiger charge is 2.29. The topological polar surface area (TPSA) is 12.0 Å². The Morgan fingerprint density at radius 3 is 2.55 bits per heavy atom. The van der Waals surface area contributed by atoms with Gasteiger partial charge in [0.1, 0.15) is 0 Å². The second-order valence-corrected chi connectivity index (χ2v) is 3.57. The van der Waals surface area contributed by atoms with E-state index in [-0.39, 0.29) is 12.4 Å². The fourth-order valence-electron chi connectivity index (χ4n) is 1.56. The van der Waals surface area contributed by atoms with Gasteiger partial charge in [0, 0.05) is 13.1 Å². The minimum atomic E-state index is 0. The van der Waals surface area contributed by atoms with Crippen LogP contribution in [0, 0.1) is 0 Å². The third kappa shape index (κ3) is 2.32. The predicted molar refractivity (Wildman–Crippen MR) is 43.9 cm³/mol. The largest absolute Gasteiger partial charge is 1.00 e. The van der Waals surface area contributed by atoms with Crippen LogP contribution in [0.15, 0.2) is 0 Å². The third-order valence-electron chi connectivity index (χ3n) is 3.03. The van der Waals surface area contributed by atoms with Gasteiger partial charge in [-0.2, -0.15) is 0 Å². The second-order valence-electron chi connectivity index (χ2n) is 3.57. The van der Waals surface area contributed by atoms with Crippen molar-refractivity contribution in [1.82, 2.24) is 5.32 Å². The molecule has 68 valence electrons. The summed E-state index contributed by atoms with van der Waals surface area (Å²) in [6, 6.07) is 0.791. The molecule has 0 amide bonds. The van der Waals surface area contributed by atoms with Crippen LogP contribution in [-0.4, -0.2) is 43.8 Å². The molecular weight excluding hydrogens is 160 g/mol. The van der Waals surface area contributed by atoms with Crippen LogP contribution in [0.2, 0.25) is 0 Å². The lowest BCUT2D eigenvalue weighted by atomic mass is 10.2. The number of hydrogen-bond acceptors (Lipinski definition) is 1. The Morgan fingerprint density at radius 1 is 1.55 bits per heavy atom. The van der Waals surface area contributed by atoms with Crippen molar-refractivity contribution in [3.05, 3.63) is 0 Å². The Kier molecular flexibility index (Phi) is 4.37. The quantitative estimate of drug-likeness (QED) is 0.436. The molecule has 0 aromatic heterocycles. The Labute approximate surface area is 76.0 Å². The Hall–Kier alpha value is 0.210. The van der Waals surface area contributed by atoms with Crippen molar-refractivity contribution in [2.45, 2.75) is 19.9 Å². The summed E-state index contributed by atoms with van der Waals surface area (Å²) in [6.45, 7) is 9.54. The molecule has 1 aliphatic heterocycles. The summed E-state index contributed by atoms with van der Waals surface area (Å²) in [4.78, 5) is 0. The van der Waals surface area contributed by atoms with Crippen LogP contribution >= 0.6 is 0 Å². The first-order valence-corrected chi connectivity index (χ1v) is 4.24. The van der Waals surface area contributed by atoms with Crippen LogP contribution in [0.3, 0.4) is 0 Å². The highest BCUT2D eigenvalue weighted by atomic mass is 35.5. The van der Waals surface area contributed by atoms with E-state index in [1.165, 1.54) is 30.7 Å². The van der Waals surface area contributed by atoms with Gasteiger partial charge in [-0.25, -0.2) is 0 Å². The smallest absolute Gasteiger partial charge is 0.0986 e. The summed E-state index contributed by atoms with van der Waals surface area (Å²) < 4.78 is 1.24. The third-order valence-corrected chi connectivity index (χ3v) is 3.03. The molecule has 0 bridgehead atoms. The summed E-state index contributed by atoms with van der Waals surface area (Å²) in [5.41, 5.74) is 0. The molecule has 1 fully saturated rings. The van der Waals surface area contributed by atoms with Crippen molar-refractivity contribution < 1.29 is 16.9 Å². The molecule has 0 aromatic carbocycles. The van der Waals surface area contributed by atoms with Crippen molar-refractivity contribution in [3.8, 4) is 0 Å². The Balaban J connectivity index is 0.000001000. The SMILES string of the molecule is CC[N+]1(C)CCNCC1C.[Cl-]. The van der Waals surface area contributed by atoms with E-state index in [1.54, 1.807) is 0 Å². The van der Waals surface area contributed by atoms with Crippen LogP contribution in [-0.2, 0) is 0 Å². The Morgan fingerprint density at radius 2 is 2.18 bits per heavy atom. The van der Waals surface area contributed by atoms with E-state index in [9.17, 15) is 0 Å². The maximum atomic E-state index is 3.41. The molecular formula is C8H19ClN2. The average molecular weight is 179 g/mol. The van der Waals surface area contributed by atoms with Gasteiger partial charge in [0.15, 0.2) is 0 Å². The zero-order chi connectivity index (χ0) is 7.61. The standard InChI is InChI=1S/C8H19N2.ClH/c1-4-10(3)6-5-9-7-8(10)2;/h8-9H,4-7H2,1-3H3;1H/q+1;/p-1. The molecule has 0 radical (unpaired) electrons. The van der Waals surface area contributed by atoms with Gasteiger partial charge in [-0.15, -0.1) is 0 Å². The molecule has 0 aliphatic carbocycles. The molecule has 3 heteroatoms. The van der Waals surface area contributed by atoms with Gasteiger partial charge in [0.05, 0.1) is 26.2 Å². The summed E-state index contributed by atoms with van der Waals surface area (Å²) in [5, 5.41) is 3.41. The van der Waals surface area contributed by atoms with Crippen LogP contribution in [0.4, 0.5) is 0 Å². The Bertz CT molecular complexity index is 119. The van der Waals surface area contributed by atoms with Gasteiger partial charge >= 0.3 is 0 Å². The first-order chi connectivity index (χ1) is 4.69. The van der Waals surface area contributed by atoms with E-state index < -0.39 is 0 Å². The highest BCUT2D eigenvalue weighted by molar-refractivity contribution is 4.63. The second kappa shape index (κ2) is 4.29. The van der Waals surface area contributed by atoms with Crippen molar-refractivity contribution in [3.63, 3.8) is 0 Å². The number of nitrogens with one attached hydrogen (secondary N) is 1. The van der Waals surface area contributed by atoms with E-state index in [0.717, 1.165) is 6.04 Å². The maximum Gasteiger partial charge on any atom is 0.0986 e. The number of halogens is 1. The maximum absolute atomic E-state index is 3.41. The molecule has 11 heavy (non-hydrogen) atoms. The summed E-state index contributed by atoms with van der Waals surface area (Å²) in [7, 11) is 2.35. The van der Waals surface area contributed by atoms with Gasteiger partial charge in [0.2, 0.25) is 0 Å². The monoisotopic (exact) mass is 178 g/mol. The van der Waals surface area contributed by atoms with Gasteiger partial charge in [-0.3, -0.25) is 0 Å². The number of rotatable bonds is 1. The molecule has 1 N–H and O–H groups in total. The molecule has 0 spiro atoms. The van der Waals surface area contributed by atoms with E-state index in [2.05, 4.69) is 26.2 Å². The fraction of sp³-hybridized carbons (Fsp3) is 1.00. The van der Waals surface area contributed by atoms with E-state index >= 15 is 0 Å². The van der Waals surface area contributed by atoms with Crippen LogP contribution < -0.4 is 17.7 Å². The normalized spacial score (nSPS) is 37.9. The lowest BCUT2D eigenvalue weighted by Gasteiger charge is -2.42. The number of piperazine rings is 1. The zero-order valence-corrected chi connectivity index (χ0v) is 8.49. The molecule has 1 aliphatic rings. The van der Waals surface area contributed by atoms with E-state index in [4.69, 9.17) is 0 Å². The number of hydrogen-bond donors (Lipinski definition) is 1. The number of likely N-dealkylation sites (N-methyl/N-ethyl adjacent to an activating group) is 1. The van der Waals surface area contributed by atoms with Crippen molar-refractivity contribution >= 4 is 0 Å². The number of nitrogens with zero attached hydrogens (tertiary/aromatic N) is 1. The van der Waals surface area contributed by atoms with Gasteiger partial charge in [-0.1, -0.05) is 0 Å². The van der Waals surface area contributed by atoms with Gasteiger partial charge < -0.3 is 22.2 Å². The zero-order valence-electron chi connectivity index (χ0n) is 7.73. The van der Waals surface area contributed by atoms with Crippen molar-refractivity contribution in [2.75, 3.05) is 33.2 Å². The molecule has 1 rings (SSSR count). The lowest BCUT2D eigenvalue weighted by molar-refractivity contribution is -0.931. The molecule has 0 saturated carbocycles. The van der Waals surface area contributed by atoms with Crippen molar-refractivity contribution in [2.24, 2.45) is 0 Å². The van der Waals surface area contributed by atoms with Crippen LogP contribution in [0.5, 0.6) is 0 Å². The van der Waals surface area contributed by atoms with E-state index in [1.807, 2.05) is 0 Å². The summed E-state index contributed by atoms with van der Waals surface area (Å²) in [5.74, 6) is 0. The first-order valence-electron chi connectivity index (χ1n) is 4.24. The fourth-order valence-corrected chi connectivity index (χ4v) is 1.56. The molecule has 0 aromatic rings. The lowest BCUT2D eigenvalue weighted by Crippen LogP contribution is -3.00. The molecule has 1 heterocycles. The van der Waals surface area contributed by atoms with Crippen molar-refractivity contribution in [1.29, 1.82) is 0 Å². The minimum Gasteiger partial charge on any atom is -1.00 e. The summed E-state index contributed by atoms with van der Waals surface area (Å²) in [6.07, 6.45) is 0. The number of quaternary nitrogens is 1. The predicted octanol–water partition coefficient (Wildman–Crippen LogP) is -2.55. The molecule has 2 nitrogen and oxygen atoms in total. The van der Waals surface area contributed by atoms with Crippen LogP contribution in [0.1, 0.15) is 13.8 Å².